The summed E-state index contributed by atoms with van der Waals surface area (Å²) in [5.74, 6) is 0. The van der Waals surface area contributed by atoms with E-state index >= 15 is 0 Å². The summed E-state index contributed by atoms with van der Waals surface area (Å²) in [6.07, 6.45) is 0.956. The summed E-state index contributed by atoms with van der Waals surface area (Å²) in [5, 5.41) is 0. The summed E-state index contributed by atoms with van der Waals surface area (Å²) < 4.78 is 25.2. The Labute approximate surface area is 64.0 Å². The van der Waals surface area contributed by atoms with Crippen LogP contribution in [0.3, 0.4) is 0 Å². The molecule has 1 unspecified atom stereocenters. The van der Waals surface area contributed by atoms with Gasteiger partial charge < -0.3 is 4.74 Å². The first-order valence-corrected chi connectivity index (χ1v) is 4.72. The number of hydrogen-bond acceptors (Lipinski definition) is 4. The van der Waals surface area contributed by atoms with Crippen LogP contribution < -0.4 is 0 Å². The molecule has 0 heterocycles. The Balaban J connectivity index is 4.12. The Bertz CT molecular complexity index is 219. The van der Waals surface area contributed by atoms with Gasteiger partial charge in [-0.2, -0.15) is 0 Å². The van der Waals surface area contributed by atoms with Crippen LogP contribution in [0.5, 0.6) is 0 Å². The third kappa shape index (κ3) is 3.68. The van der Waals surface area contributed by atoms with Crippen molar-refractivity contribution in [2.75, 3.05) is 6.26 Å². The molecular weight excluding hydrogens is 180 g/mol. The van der Waals surface area contributed by atoms with Gasteiger partial charge in [-0.25, -0.2) is 13.2 Å². The molecule has 0 aliphatic heterocycles. The second kappa shape index (κ2) is 3.21. The number of rotatable bonds is 2. The van der Waals surface area contributed by atoms with Crippen molar-refractivity contribution >= 4 is 26.9 Å². The zero-order valence-electron chi connectivity index (χ0n) is 5.50. The molecule has 60 valence electrons. The quantitative estimate of drug-likeness (QED) is 0.598. The van der Waals surface area contributed by atoms with E-state index in [4.69, 9.17) is 11.6 Å². The van der Waals surface area contributed by atoms with Crippen LogP contribution >= 0.6 is 11.6 Å². The Hall–Kier alpha value is -0.290. The van der Waals surface area contributed by atoms with Crippen LogP contribution in [0.4, 0.5) is 4.79 Å². The molecule has 0 rings (SSSR count). The maximum Gasteiger partial charge on any atom is 0.405 e. The molecule has 0 bridgehead atoms. The summed E-state index contributed by atoms with van der Waals surface area (Å²) in [7, 11) is -3.33. The van der Waals surface area contributed by atoms with Crippen molar-refractivity contribution in [3.8, 4) is 0 Å². The van der Waals surface area contributed by atoms with E-state index in [0.29, 0.717) is 0 Å². The van der Waals surface area contributed by atoms with Crippen LogP contribution in [0.1, 0.15) is 6.92 Å². The predicted molar refractivity (Wildman–Crippen MR) is 36.6 cm³/mol. The van der Waals surface area contributed by atoms with Crippen LogP contribution in [-0.2, 0) is 14.6 Å². The fourth-order valence-corrected chi connectivity index (χ4v) is 0.667. The van der Waals surface area contributed by atoms with Crippen LogP contribution in [0.2, 0.25) is 0 Å². The minimum atomic E-state index is -3.33. The highest BCUT2D eigenvalue weighted by Gasteiger charge is 2.17. The fourth-order valence-electron chi connectivity index (χ4n) is 0.218. The number of carbonyl (C=O) groups is 1. The number of ether oxygens (including phenoxy) is 1. The maximum absolute atomic E-state index is 10.5. The van der Waals surface area contributed by atoms with Crippen LogP contribution in [0, 0.1) is 0 Å². The molecule has 0 aliphatic rings. The average molecular weight is 187 g/mol. The summed E-state index contributed by atoms with van der Waals surface area (Å²) >= 11 is 4.75. The van der Waals surface area contributed by atoms with Gasteiger partial charge >= 0.3 is 5.43 Å². The van der Waals surface area contributed by atoms with Gasteiger partial charge in [0.2, 0.25) is 0 Å². The van der Waals surface area contributed by atoms with E-state index in [1.165, 1.54) is 6.92 Å². The molecule has 0 aromatic rings. The number of halogens is 1. The molecule has 0 saturated heterocycles. The molecule has 0 fully saturated rings. The van der Waals surface area contributed by atoms with E-state index < -0.39 is 20.7 Å². The summed E-state index contributed by atoms with van der Waals surface area (Å²) in [4.78, 5) is 9.98. The van der Waals surface area contributed by atoms with Crippen molar-refractivity contribution in [3.63, 3.8) is 0 Å². The molecule has 0 spiro atoms. The van der Waals surface area contributed by atoms with Gasteiger partial charge in [-0.3, -0.25) is 0 Å². The van der Waals surface area contributed by atoms with Gasteiger partial charge in [0, 0.05) is 17.9 Å². The van der Waals surface area contributed by atoms with Crippen molar-refractivity contribution in [2.45, 2.75) is 12.4 Å². The molecule has 6 heteroatoms. The molecule has 0 saturated carbocycles. The minimum absolute atomic E-state index is 0.956. The first kappa shape index (κ1) is 9.71. The smallest absolute Gasteiger partial charge is 0.405 e. The fraction of sp³-hybridized carbons (Fsp3) is 0.750. The van der Waals surface area contributed by atoms with Gasteiger partial charge in [0.1, 0.15) is 0 Å². The molecule has 0 aromatic carbocycles. The van der Waals surface area contributed by atoms with Gasteiger partial charge in [-0.1, -0.05) is 0 Å². The molecule has 0 amide bonds. The third-order valence-corrected chi connectivity index (χ3v) is 2.25. The molecule has 0 N–H and O–H groups in total. The van der Waals surface area contributed by atoms with E-state index in [0.717, 1.165) is 6.26 Å². The lowest BCUT2D eigenvalue weighted by molar-refractivity contribution is 0.164. The van der Waals surface area contributed by atoms with Gasteiger partial charge in [0.05, 0.1) is 0 Å². The lowest BCUT2D eigenvalue weighted by Crippen LogP contribution is -2.20. The highest BCUT2D eigenvalue weighted by Crippen LogP contribution is 2.02. The number of carbonyl (C=O) groups excluding carboxylic acids is 1. The Kier molecular flexibility index (Phi) is 3.11. The van der Waals surface area contributed by atoms with Crippen molar-refractivity contribution in [3.05, 3.63) is 0 Å². The zero-order chi connectivity index (χ0) is 8.36. The van der Waals surface area contributed by atoms with Crippen LogP contribution in [0.15, 0.2) is 0 Å². The Morgan fingerprint density at radius 3 is 2.10 bits per heavy atom. The normalized spacial score (nSPS) is 14.3. The van der Waals surface area contributed by atoms with Gasteiger partial charge in [0.25, 0.3) is 0 Å². The highest BCUT2D eigenvalue weighted by atomic mass is 35.5. The van der Waals surface area contributed by atoms with E-state index in [-0.39, 0.29) is 0 Å². The topological polar surface area (TPSA) is 60.4 Å². The van der Waals surface area contributed by atoms with Crippen LogP contribution in [0.25, 0.3) is 0 Å². The molecule has 0 aliphatic carbocycles. The van der Waals surface area contributed by atoms with Gasteiger partial charge in [0.15, 0.2) is 15.3 Å². The summed E-state index contributed by atoms with van der Waals surface area (Å²) in [5.41, 5.74) is -2.28. The van der Waals surface area contributed by atoms with Crippen molar-refractivity contribution < 1.29 is 17.9 Å². The minimum Gasteiger partial charge on any atom is -0.434 e. The van der Waals surface area contributed by atoms with E-state index in [9.17, 15) is 13.2 Å². The number of hydrogen-bond donors (Lipinski definition) is 0. The predicted octanol–water partition coefficient (Wildman–Crippen LogP) is 0.752. The van der Waals surface area contributed by atoms with Crippen molar-refractivity contribution in [1.82, 2.24) is 0 Å². The SMILES string of the molecule is CC(OC(=O)Cl)S(C)(=O)=O. The van der Waals surface area contributed by atoms with Gasteiger partial charge in [-0.05, 0) is 6.92 Å². The molecule has 10 heavy (non-hydrogen) atoms. The zero-order valence-corrected chi connectivity index (χ0v) is 7.07. The van der Waals surface area contributed by atoms with E-state index in [1.54, 1.807) is 0 Å². The molecule has 4 nitrogen and oxygen atoms in total. The lowest BCUT2D eigenvalue weighted by Gasteiger charge is -2.06. The van der Waals surface area contributed by atoms with Crippen molar-refractivity contribution in [1.29, 1.82) is 0 Å². The lowest BCUT2D eigenvalue weighted by atomic mass is 10.9. The largest absolute Gasteiger partial charge is 0.434 e. The van der Waals surface area contributed by atoms with Gasteiger partial charge in [-0.15, -0.1) is 0 Å². The number of sulfone groups is 1. The highest BCUT2D eigenvalue weighted by molar-refractivity contribution is 7.91. The molecular formula is C4H7ClO4S. The first-order valence-electron chi connectivity index (χ1n) is 2.39. The third-order valence-electron chi connectivity index (χ3n) is 0.862. The molecule has 1 atom stereocenters. The average Bonchev–Trinajstić information content (AvgIpc) is 1.60. The monoisotopic (exact) mass is 186 g/mol. The van der Waals surface area contributed by atoms with E-state index in [1.807, 2.05) is 0 Å². The first-order chi connectivity index (χ1) is 4.34. The molecule has 0 radical (unpaired) electrons. The standard InChI is InChI=1S/C4H7ClO4S/c1-3(9-4(5)6)10(2,7)8/h3H,1-2H3. The van der Waals surface area contributed by atoms with Crippen molar-refractivity contribution in [2.24, 2.45) is 0 Å². The maximum atomic E-state index is 10.5. The molecule has 0 aromatic heterocycles. The van der Waals surface area contributed by atoms with E-state index in [2.05, 4.69) is 4.74 Å². The summed E-state index contributed by atoms with van der Waals surface area (Å²) in [6.45, 7) is 1.23. The second-order valence-electron chi connectivity index (χ2n) is 1.75. The second-order valence-corrected chi connectivity index (χ2v) is 4.38. The summed E-state index contributed by atoms with van der Waals surface area (Å²) in [6, 6.07) is 0. The van der Waals surface area contributed by atoms with Crippen LogP contribution in [-0.4, -0.2) is 25.5 Å². The Morgan fingerprint density at radius 1 is 1.60 bits per heavy atom. The Morgan fingerprint density at radius 2 is 2.00 bits per heavy atom.